The number of hydrogen-bond donors (Lipinski definition) is 1. The topological polar surface area (TPSA) is 35.6 Å². The van der Waals surface area contributed by atoms with Crippen molar-refractivity contribution in [3.8, 4) is 0 Å². The Morgan fingerprint density at radius 1 is 1.42 bits per heavy atom. The number of carbonyl (C=O) groups excluding carboxylic acids is 1. The van der Waals surface area contributed by atoms with Gasteiger partial charge in [0.15, 0.2) is 0 Å². The molecule has 2 fully saturated rings. The molecular weight excluding hydrogens is 238 g/mol. The van der Waals surface area contributed by atoms with Gasteiger partial charge in [0, 0.05) is 19.6 Å². The van der Waals surface area contributed by atoms with E-state index in [0.29, 0.717) is 11.9 Å². The second-order valence-electron chi connectivity index (χ2n) is 6.30. The summed E-state index contributed by atoms with van der Waals surface area (Å²) in [6, 6.07) is 0.606. The van der Waals surface area contributed by atoms with Gasteiger partial charge in [0.05, 0.1) is 6.04 Å². The Hall–Kier alpha value is -0.610. The zero-order chi connectivity index (χ0) is 13.8. The van der Waals surface area contributed by atoms with Crippen LogP contribution in [0.4, 0.5) is 0 Å². The molecule has 4 heteroatoms. The van der Waals surface area contributed by atoms with Crippen LogP contribution in [0.2, 0.25) is 0 Å². The second-order valence-corrected chi connectivity index (χ2v) is 6.30. The fourth-order valence-corrected chi connectivity index (χ4v) is 3.44. The molecule has 110 valence electrons. The van der Waals surface area contributed by atoms with Crippen molar-refractivity contribution in [1.29, 1.82) is 0 Å². The van der Waals surface area contributed by atoms with Crippen molar-refractivity contribution < 1.29 is 4.79 Å². The summed E-state index contributed by atoms with van der Waals surface area (Å²) < 4.78 is 0. The molecule has 0 saturated carbocycles. The first-order valence-corrected chi connectivity index (χ1v) is 7.80. The molecule has 2 saturated heterocycles. The van der Waals surface area contributed by atoms with E-state index in [1.807, 2.05) is 11.9 Å². The summed E-state index contributed by atoms with van der Waals surface area (Å²) in [6.07, 6.45) is 5.92. The van der Waals surface area contributed by atoms with E-state index in [9.17, 15) is 4.79 Å². The van der Waals surface area contributed by atoms with Gasteiger partial charge in [0.1, 0.15) is 0 Å². The number of likely N-dealkylation sites (tertiary alicyclic amines) is 1. The van der Waals surface area contributed by atoms with Crippen molar-refractivity contribution in [2.75, 3.05) is 33.7 Å². The number of likely N-dealkylation sites (N-methyl/N-ethyl adjacent to an activating group) is 2. The highest BCUT2D eigenvalue weighted by molar-refractivity contribution is 5.81. The maximum absolute atomic E-state index is 12.5. The Kier molecular flexibility index (Phi) is 5.22. The van der Waals surface area contributed by atoms with Crippen molar-refractivity contribution >= 4 is 5.91 Å². The van der Waals surface area contributed by atoms with Gasteiger partial charge in [-0.05, 0) is 51.7 Å². The highest BCUT2D eigenvalue weighted by Gasteiger charge is 2.30. The number of carbonyl (C=O) groups is 1. The van der Waals surface area contributed by atoms with Gasteiger partial charge in [-0.15, -0.1) is 0 Å². The molecule has 4 nitrogen and oxygen atoms in total. The SMILES string of the molecule is CCC1CCNC(C(=O)N(C)CC2CCCN2C)C1. The van der Waals surface area contributed by atoms with Crippen LogP contribution in [0.3, 0.4) is 0 Å². The Labute approximate surface area is 117 Å². The van der Waals surface area contributed by atoms with Crippen molar-refractivity contribution in [3.63, 3.8) is 0 Å². The normalized spacial score (nSPS) is 32.5. The first-order valence-electron chi connectivity index (χ1n) is 7.80. The van der Waals surface area contributed by atoms with E-state index in [1.54, 1.807) is 0 Å². The summed E-state index contributed by atoms with van der Waals surface area (Å²) in [7, 11) is 4.13. The van der Waals surface area contributed by atoms with E-state index < -0.39 is 0 Å². The molecule has 2 aliphatic rings. The average Bonchev–Trinajstić information content (AvgIpc) is 2.83. The average molecular weight is 267 g/mol. The maximum Gasteiger partial charge on any atom is 0.239 e. The van der Waals surface area contributed by atoms with Crippen LogP contribution in [-0.2, 0) is 4.79 Å². The Morgan fingerprint density at radius 2 is 2.21 bits per heavy atom. The van der Waals surface area contributed by atoms with Crippen molar-refractivity contribution in [1.82, 2.24) is 15.1 Å². The minimum Gasteiger partial charge on any atom is -0.343 e. The molecule has 0 aromatic rings. The molecule has 2 aliphatic heterocycles. The third-order valence-corrected chi connectivity index (χ3v) is 4.92. The lowest BCUT2D eigenvalue weighted by molar-refractivity contribution is -0.133. The molecule has 3 unspecified atom stereocenters. The number of nitrogens with one attached hydrogen (secondary N) is 1. The highest BCUT2D eigenvalue weighted by Crippen LogP contribution is 2.21. The molecule has 0 aliphatic carbocycles. The standard InChI is InChI=1S/C15H29N3O/c1-4-12-7-8-16-14(10-12)15(19)18(3)11-13-6-5-9-17(13)2/h12-14,16H,4-11H2,1-3H3. The molecule has 1 amide bonds. The lowest BCUT2D eigenvalue weighted by Gasteiger charge is -2.33. The molecule has 3 atom stereocenters. The minimum absolute atomic E-state index is 0.0513. The monoisotopic (exact) mass is 267 g/mol. The molecule has 0 radical (unpaired) electrons. The fourth-order valence-electron chi connectivity index (χ4n) is 3.44. The zero-order valence-corrected chi connectivity index (χ0v) is 12.7. The molecule has 0 bridgehead atoms. The van der Waals surface area contributed by atoms with Crippen LogP contribution in [0, 0.1) is 5.92 Å². The van der Waals surface area contributed by atoms with E-state index in [4.69, 9.17) is 0 Å². The van der Waals surface area contributed by atoms with Crippen LogP contribution in [0.15, 0.2) is 0 Å². The number of hydrogen-bond acceptors (Lipinski definition) is 3. The van der Waals surface area contributed by atoms with Crippen molar-refractivity contribution in [3.05, 3.63) is 0 Å². The molecule has 1 N–H and O–H groups in total. The molecule has 0 spiro atoms. The van der Waals surface area contributed by atoms with Gasteiger partial charge in [-0.25, -0.2) is 0 Å². The van der Waals surface area contributed by atoms with Gasteiger partial charge in [0.25, 0.3) is 0 Å². The van der Waals surface area contributed by atoms with Crippen LogP contribution >= 0.6 is 0 Å². The predicted molar refractivity (Wildman–Crippen MR) is 78.1 cm³/mol. The lowest BCUT2D eigenvalue weighted by Crippen LogP contribution is -2.51. The van der Waals surface area contributed by atoms with Crippen LogP contribution < -0.4 is 5.32 Å². The van der Waals surface area contributed by atoms with E-state index in [-0.39, 0.29) is 6.04 Å². The number of piperidine rings is 1. The fraction of sp³-hybridized carbons (Fsp3) is 0.933. The first kappa shape index (κ1) is 14.8. The van der Waals surface area contributed by atoms with Crippen LogP contribution in [0.5, 0.6) is 0 Å². The molecule has 2 heterocycles. The summed E-state index contributed by atoms with van der Waals surface area (Å²) in [6.45, 7) is 5.28. The Morgan fingerprint density at radius 3 is 2.84 bits per heavy atom. The van der Waals surface area contributed by atoms with Crippen LogP contribution in [-0.4, -0.2) is 61.5 Å². The summed E-state index contributed by atoms with van der Waals surface area (Å²) >= 11 is 0. The second kappa shape index (κ2) is 6.71. The van der Waals surface area contributed by atoms with E-state index >= 15 is 0 Å². The van der Waals surface area contributed by atoms with E-state index in [1.165, 1.54) is 32.2 Å². The van der Waals surface area contributed by atoms with Gasteiger partial charge >= 0.3 is 0 Å². The Balaban J connectivity index is 1.84. The third kappa shape index (κ3) is 3.69. The number of nitrogens with zero attached hydrogens (tertiary/aromatic N) is 2. The summed E-state index contributed by atoms with van der Waals surface area (Å²) in [5, 5.41) is 3.40. The molecule has 2 rings (SSSR count). The van der Waals surface area contributed by atoms with Gasteiger partial charge in [-0.2, -0.15) is 0 Å². The minimum atomic E-state index is 0.0513. The highest BCUT2D eigenvalue weighted by atomic mass is 16.2. The van der Waals surface area contributed by atoms with Gasteiger partial charge in [0.2, 0.25) is 5.91 Å². The molecular formula is C15H29N3O. The summed E-state index contributed by atoms with van der Waals surface area (Å²) in [5.41, 5.74) is 0. The molecule has 0 aromatic heterocycles. The third-order valence-electron chi connectivity index (χ3n) is 4.92. The first-order chi connectivity index (χ1) is 9.11. The van der Waals surface area contributed by atoms with E-state index in [0.717, 1.165) is 25.4 Å². The smallest absolute Gasteiger partial charge is 0.239 e. The van der Waals surface area contributed by atoms with Gasteiger partial charge in [-0.3, -0.25) is 4.79 Å². The zero-order valence-electron chi connectivity index (χ0n) is 12.7. The Bertz CT molecular complexity index is 308. The molecule has 0 aromatic carbocycles. The lowest BCUT2D eigenvalue weighted by atomic mass is 9.90. The quantitative estimate of drug-likeness (QED) is 0.834. The number of amides is 1. The van der Waals surface area contributed by atoms with Crippen LogP contribution in [0.25, 0.3) is 0 Å². The largest absolute Gasteiger partial charge is 0.343 e. The molecule has 19 heavy (non-hydrogen) atoms. The maximum atomic E-state index is 12.5. The number of rotatable bonds is 4. The van der Waals surface area contributed by atoms with E-state index in [2.05, 4.69) is 24.2 Å². The van der Waals surface area contributed by atoms with Gasteiger partial charge < -0.3 is 15.1 Å². The summed E-state index contributed by atoms with van der Waals surface area (Å²) in [5.74, 6) is 1.01. The van der Waals surface area contributed by atoms with Crippen molar-refractivity contribution in [2.45, 2.75) is 51.1 Å². The van der Waals surface area contributed by atoms with Crippen molar-refractivity contribution in [2.24, 2.45) is 5.92 Å². The predicted octanol–water partition coefficient (Wildman–Crippen LogP) is 1.32. The summed E-state index contributed by atoms with van der Waals surface area (Å²) in [4.78, 5) is 16.8. The van der Waals surface area contributed by atoms with Crippen LogP contribution in [0.1, 0.15) is 39.0 Å². The van der Waals surface area contributed by atoms with Gasteiger partial charge in [-0.1, -0.05) is 13.3 Å².